The van der Waals surface area contributed by atoms with Crippen molar-refractivity contribution in [2.24, 2.45) is 0 Å². The molecule has 1 N–H and O–H groups in total. The number of benzene rings is 2. The fraction of sp³-hybridized carbons (Fsp3) is 0.176. The van der Waals surface area contributed by atoms with Crippen LogP contribution in [0.25, 0.3) is 0 Å². The van der Waals surface area contributed by atoms with E-state index in [9.17, 15) is 24.1 Å². The molecule has 1 amide bonds. The van der Waals surface area contributed by atoms with Crippen molar-refractivity contribution in [1.82, 2.24) is 0 Å². The lowest BCUT2D eigenvalue weighted by atomic mass is 10.2. The summed E-state index contributed by atoms with van der Waals surface area (Å²) in [5.41, 5.74) is 0.669. The highest BCUT2D eigenvalue weighted by Crippen LogP contribution is 2.21. The molecule has 2 rings (SSSR count). The van der Waals surface area contributed by atoms with Gasteiger partial charge in [-0.15, -0.1) is 0 Å². The molecule has 0 aliphatic carbocycles. The number of anilines is 1. The number of ether oxygens (including phenoxy) is 2. The monoisotopic (exact) mass is 362 g/mol. The Bertz CT molecular complexity index is 840. The molecule has 0 saturated carbocycles. The van der Waals surface area contributed by atoms with E-state index < -0.39 is 35.8 Å². The summed E-state index contributed by atoms with van der Waals surface area (Å²) in [5.74, 6) is -2.27. The number of esters is 1. The first-order valence-electron chi connectivity index (χ1n) is 7.44. The van der Waals surface area contributed by atoms with Gasteiger partial charge in [0, 0.05) is 12.1 Å². The van der Waals surface area contributed by atoms with E-state index in [1.807, 2.05) is 0 Å². The average molecular weight is 362 g/mol. The van der Waals surface area contributed by atoms with E-state index in [1.54, 1.807) is 13.0 Å². The number of rotatable bonds is 7. The number of nitrogens with one attached hydrogen (secondary N) is 1. The molecule has 2 aromatic carbocycles. The van der Waals surface area contributed by atoms with Crippen LogP contribution in [0.2, 0.25) is 0 Å². The highest BCUT2D eigenvalue weighted by Gasteiger charge is 2.13. The molecule has 9 heteroatoms. The second-order valence-electron chi connectivity index (χ2n) is 5.18. The topological polar surface area (TPSA) is 108 Å². The first-order valence-corrected chi connectivity index (χ1v) is 7.44. The summed E-state index contributed by atoms with van der Waals surface area (Å²) >= 11 is 0. The second-order valence-corrected chi connectivity index (χ2v) is 5.18. The maximum atomic E-state index is 13.3. The van der Waals surface area contributed by atoms with Gasteiger partial charge in [0.1, 0.15) is 0 Å². The number of nitro groups is 1. The van der Waals surface area contributed by atoms with E-state index in [-0.39, 0.29) is 17.1 Å². The van der Waals surface area contributed by atoms with E-state index >= 15 is 0 Å². The summed E-state index contributed by atoms with van der Waals surface area (Å²) in [6.07, 6.45) is 0. The smallest absolute Gasteiger partial charge is 0.344 e. The Balaban J connectivity index is 1.83. The van der Waals surface area contributed by atoms with Crippen molar-refractivity contribution in [3.63, 3.8) is 0 Å². The van der Waals surface area contributed by atoms with Crippen LogP contribution in [0, 0.1) is 22.9 Å². The van der Waals surface area contributed by atoms with Crippen LogP contribution in [0.1, 0.15) is 5.56 Å². The minimum absolute atomic E-state index is 0.110. The first kappa shape index (κ1) is 18.8. The highest BCUT2D eigenvalue weighted by molar-refractivity contribution is 5.93. The van der Waals surface area contributed by atoms with Crippen LogP contribution in [0.15, 0.2) is 42.5 Å². The van der Waals surface area contributed by atoms with Gasteiger partial charge in [0.05, 0.1) is 10.6 Å². The number of carbonyl (C=O) groups is 2. The van der Waals surface area contributed by atoms with Gasteiger partial charge in [-0.2, -0.15) is 0 Å². The third kappa shape index (κ3) is 5.26. The molecule has 2 aromatic rings. The first-order chi connectivity index (χ1) is 12.4. The SMILES string of the molecule is Cc1ccc([N+](=O)[O-])cc1NC(=O)COC(=O)COc1ccccc1F. The molecule has 0 unspecified atom stereocenters. The molecule has 0 bridgehead atoms. The maximum Gasteiger partial charge on any atom is 0.344 e. The number of amides is 1. The third-order valence-electron chi connectivity index (χ3n) is 3.25. The highest BCUT2D eigenvalue weighted by atomic mass is 19.1. The van der Waals surface area contributed by atoms with Crippen molar-refractivity contribution < 1.29 is 28.4 Å². The molecule has 136 valence electrons. The summed E-state index contributed by atoms with van der Waals surface area (Å²) in [5, 5.41) is 13.2. The van der Waals surface area contributed by atoms with Gasteiger partial charge in [-0.1, -0.05) is 18.2 Å². The minimum atomic E-state index is -0.862. The zero-order chi connectivity index (χ0) is 19.1. The van der Waals surface area contributed by atoms with Gasteiger partial charge in [0.2, 0.25) is 0 Å². The Kier molecular flexibility index (Phi) is 6.20. The van der Waals surface area contributed by atoms with Gasteiger partial charge in [0.15, 0.2) is 24.8 Å². The average Bonchev–Trinajstić information content (AvgIpc) is 2.61. The van der Waals surface area contributed by atoms with Crippen LogP contribution in [0.4, 0.5) is 15.8 Å². The second kappa shape index (κ2) is 8.56. The molecule has 26 heavy (non-hydrogen) atoms. The molecule has 8 nitrogen and oxygen atoms in total. The fourth-order valence-electron chi connectivity index (χ4n) is 1.93. The third-order valence-corrected chi connectivity index (χ3v) is 3.25. The molecule has 0 heterocycles. The summed E-state index contributed by atoms with van der Waals surface area (Å²) in [4.78, 5) is 33.5. The van der Waals surface area contributed by atoms with Gasteiger partial charge in [-0.3, -0.25) is 14.9 Å². The maximum absolute atomic E-state index is 13.3. The Morgan fingerprint density at radius 1 is 1.19 bits per heavy atom. The van der Waals surface area contributed by atoms with Gasteiger partial charge in [-0.25, -0.2) is 9.18 Å². The van der Waals surface area contributed by atoms with Gasteiger partial charge in [-0.05, 0) is 24.6 Å². The molecule has 0 radical (unpaired) electrons. The Hall–Kier alpha value is -3.49. The molecule has 0 aliphatic heterocycles. The van der Waals surface area contributed by atoms with Crippen molar-refractivity contribution in [2.45, 2.75) is 6.92 Å². The lowest BCUT2D eigenvalue weighted by Crippen LogP contribution is -2.24. The quantitative estimate of drug-likeness (QED) is 0.461. The van der Waals surface area contributed by atoms with E-state index in [0.717, 1.165) is 0 Å². The number of hydrogen-bond donors (Lipinski definition) is 1. The normalized spacial score (nSPS) is 10.1. The van der Waals surface area contributed by atoms with Gasteiger partial charge < -0.3 is 14.8 Å². The van der Waals surface area contributed by atoms with Gasteiger partial charge in [0.25, 0.3) is 11.6 Å². The number of halogens is 1. The molecule has 0 saturated heterocycles. The van der Waals surface area contributed by atoms with Crippen molar-refractivity contribution in [3.05, 3.63) is 64.0 Å². The number of non-ortho nitro benzene ring substituents is 1. The van der Waals surface area contributed by atoms with Crippen molar-refractivity contribution in [2.75, 3.05) is 18.5 Å². The number of nitrogens with zero attached hydrogens (tertiary/aromatic N) is 1. The van der Waals surface area contributed by atoms with E-state index in [4.69, 9.17) is 9.47 Å². The molecule has 0 spiro atoms. The van der Waals surface area contributed by atoms with Crippen LogP contribution in [-0.4, -0.2) is 30.0 Å². The predicted molar refractivity (Wildman–Crippen MR) is 89.3 cm³/mol. The van der Waals surface area contributed by atoms with Crippen molar-refractivity contribution in [1.29, 1.82) is 0 Å². The van der Waals surface area contributed by atoms with Crippen LogP contribution in [0.5, 0.6) is 5.75 Å². The number of hydrogen-bond acceptors (Lipinski definition) is 6. The lowest BCUT2D eigenvalue weighted by molar-refractivity contribution is -0.384. The predicted octanol–water partition coefficient (Wildman–Crippen LogP) is 2.60. The van der Waals surface area contributed by atoms with Crippen molar-refractivity contribution >= 4 is 23.3 Å². The lowest BCUT2D eigenvalue weighted by Gasteiger charge is -2.09. The molecule has 0 fully saturated rings. The van der Waals surface area contributed by atoms with E-state index in [2.05, 4.69) is 5.32 Å². The zero-order valence-electron chi connectivity index (χ0n) is 13.7. The van der Waals surface area contributed by atoms with Crippen LogP contribution in [-0.2, 0) is 14.3 Å². The van der Waals surface area contributed by atoms with Crippen molar-refractivity contribution in [3.8, 4) is 5.75 Å². The number of carbonyl (C=O) groups excluding carboxylic acids is 2. The summed E-state index contributed by atoms with van der Waals surface area (Å²) in [7, 11) is 0. The van der Waals surface area contributed by atoms with E-state index in [0.29, 0.717) is 5.56 Å². The standard InChI is InChI=1S/C17H15FN2O6/c1-11-6-7-12(20(23)24)8-14(11)19-16(21)9-26-17(22)10-25-15-5-3-2-4-13(15)18/h2-8H,9-10H2,1H3,(H,19,21). The molecule has 0 aliphatic rings. The minimum Gasteiger partial charge on any atom is -0.479 e. The molecular weight excluding hydrogens is 347 g/mol. The zero-order valence-corrected chi connectivity index (χ0v) is 13.7. The van der Waals surface area contributed by atoms with Crippen LogP contribution in [0.3, 0.4) is 0 Å². The number of nitro benzene ring substituents is 1. The fourth-order valence-corrected chi connectivity index (χ4v) is 1.93. The summed E-state index contributed by atoms with van der Waals surface area (Å²) in [6, 6.07) is 9.54. The summed E-state index contributed by atoms with van der Waals surface area (Å²) in [6.45, 7) is 0.485. The number of aryl methyl sites for hydroxylation is 1. The Morgan fingerprint density at radius 3 is 2.62 bits per heavy atom. The van der Waals surface area contributed by atoms with Crippen LogP contribution < -0.4 is 10.1 Å². The Labute approximate surface area is 147 Å². The van der Waals surface area contributed by atoms with Crippen LogP contribution >= 0.6 is 0 Å². The summed E-state index contributed by atoms with van der Waals surface area (Å²) < 4.78 is 23.0. The molecule has 0 atom stereocenters. The number of para-hydroxylation sites is 1. The molecule has 0 aromatic heterocycles. The largest absolute Gasteiger partial charge is 0.479 e. The van der Waals surface area contributed by atoms with E-state index in [1.165, 1.54) is 36.4 Å². The van der Waals surface area contributed by atoms with Gasteiger partial charge >= 0.3 is 5.97 Å². The Morgan fingerprint density at radius 2 is 1.92 bits per heavy atom. The molecular formula is C17H15FN2O6.